The van der Waals surface area contributed by atoms with Gasteiger partial charge in [-0.15, -0.1) is 11.8 Å². The Hall–Kier alpha value is -6.12. The molecule has 7 nitrogen and oxygen atoms in total. The lowest BCUT2D eigenvalue weighted by molar-refractivity contribution is -0.118. The van der Waals surface area contributed by atoms with Crippen molar-refractivity contribution in [1.82, 2.24) is 5.32 Å². The summed E-state index contributed by atoms with van der Waals surface area (Å²) in [5.74, 6) is 0.135. The number of nitrogens with zero attached hydrogens (tertiary/aromatic N) is 1. The van der Waals surface area contributed by atoms with Crippen LogP contribution >= 0.6 is 11.8 Å². The Morgan fingerprint density at radius 2 is 1.38 bits per heavy atom. The molecule has 0 unspecified atom stereocenters. The van der Waals surface area contributed by atoms with Crippen LogP contribution in [0.15, 0.2) is 167 Å². The lowest BCUT2D eigenvalue weighted by Gasteiger charge is -2.24. The van der Waals surface area contributed by atoms with E-state index in [9.17, 15) is 14.4 Å². The van der Waals surface area contributed by atoms with Crippen LogP contribution in [0.4, 0.5) is 11.4 Å². The number of carbonyl (C=O) groups is 3. The summed E-state index contributed by atoms with van der Waals surface area (Å²) in [7, 11) is 0. The van der Waals surface area contributed by atoms with Crippen molar-refractivity contribution in [3.8, 4) is 11.3 Å². The zero-order valence-corrected chi connectivity index (χ0v) is 27.8. The largest absolute Gasteiger partial charge is 0.457 e. The van der Waals surface area contributed by atoms with Crippen molar-refractivity contribution >= 4 is 46.9 Å². The van der Waals surface area contributed by atoms with Crippen molar-refractivity contribution in [2.24, 2.45) is 0 Å². The molecule has 7 rings (SSSR count). The van der Waals surface area contributed by atoms with E-state index in [2.05, 4.69) is 16.7 Å². The Morgan fingerprint density at radius 1 is 0.720 bits per heavy atom. The Bertz CT molecular complexity index is 2150. The van der Waals surface area contributed by atoms with Gasteiger partial charge in [-0.2, -0.15) is 0 Å². The summed E-state index contributed by atoms with van der Waals surface area (Å²) < 4.78 is 6.01. The van der Waals surface area contributed by atoms with Gasteiger partial charge in [-0.05, 0) is 72.1 Å². The van der Waals surface area contributed by atoms with Gasteiger partial charge in [-0.25, -0.2) is 0 Å². The van der Waals surface area contributed by atoms with E-state index in [1.165, 1.54) is 23.4 Å². The number of benzene rings is 5. The van der Waals surface area contributed by atoms with Crippen LogP contribution in [0, 0.1) is 0 Å². The molecule has 0 bridgehead atoms. The molecule has 1 aliphatic rings. The van der Waals surface area contributed by atoms with Crippen LogP contribution in [0.5, 0.6) is 0 Å². The number of carbonyl (C=O) groups excluding carboxylic acids is 3. The maximum atomic E-state index is 14.0. The molecule has 0 radical (unpaired) electrons. The van der Waals surface area contributed by atoms with Crippen molar-refractivity contribution in [1.29, 1.82) is 0 Å². The molecular weight excluding hydrogens is 643 g/mol. The Morgan fingerprint density at radius 3 is 2.12 bits per heavy atom. The SMILES string of the molecule is O=C(Nc1ccc(S[C@H](C(=O)N2CCc3ccccc32)c2ccccc2)cc1)/C(=C\c1ccc(-c2ccccc2)o1)NC(=O)c1ccccc1. The summed E-state index contributed by atoms with van der Waals surface area (Å²) in [6.07, 6.45) is 2.35. The minimum atomic E-state index is -0.516. The summed E-state index contributed by atoms with van der Waals surface area (Å²) in [6.45, 7) is 0.648. The maximum Gasteiger partial charge on any atom is 0.272 e. The number of nitrogens with one attached hydrogen (secondary N) is 2. The summed E-state index contributed by atoms with van der Waals surface area (Å²) in [6, 6.07) is 47.1. The van der Waals surface area contributed by atoms with E-state index in [4.69, 9.17) is 4.42 Å². The Kier molecular flexibility index (Phi) is 9.71. The smallest absolute Gasteiger partial charge is 0.272 e. The lowest BCUT2D eigenvalue weighted by Crippen LogP contribution is -2.32. The average Bonchev–Trinajstić information content (AvgIpc) is 3.83. The third kappa shape index (κ3) is 7.46. The molecule has 6 aromatic rings. The van der Waals surface area contributed by atoms with Crippen molar-refractivity contribution < 1.29 is 18.8 Å². The predicted octanol–water partition coefficient (Wildman–Crippen LogP) is 8.78. The first-order valence-electron chi connectivity index (χ1n) is 16.3. The average molecular weight is 676 g/mol. The molecule has 5 aromatic carbocycles. The molecule has 2 heterocycles. The van der Waals surface area contributed by atoms with Crippen molar-refractivity contribution in [3.63, 3.8) is 0 Å². The number of hydrogen-bond donors (Lipinski definition) is 2. The first-order chi connectivity index (χ1) is 24.5. The van der Waals surface area contributed by atoms with Gasteiger partial charge in [0, 0.05) is 40.0 Å². The number of thioether (sulfide) groups is 1. The fourth-order valence-corrected chi connectivity index (χ4v) is 6.91. The predicted molar refractivity (Wildman–Crippen MR) is 199 cm³/mol. The monoisotopic (exact) mass is 675 g/mol. The fraction of sp³-hybridized carbons (Fsp3) is 0.0714. The highest BCUT2D eigenvalue weighted by molar-refractivity contribution is 8.00. The highest BCUT2D eigenvalue weighted by Gasteiger charge is 2.31. The maximum absolute atomic E-state index is 14.0. The second-order valence-corrected chi connectivity index (χ2v) is 12.9. The molecule has 246 valence electrons. The third-order valence-corrected chi connectivity index (χ3v) is 9.60. The van der Waals surface area contributed by atoms with Gasteiger partial charge in [0.15, 0.2) is 0 Å². The second-order valence-electron chi connectivity index (χ2n) is 11.7. The standard InChI is InChI=1S/C42H33N3O4S/c46-40(32-17-8-3-9-18-32)44-36(28-34-22-25-38(49-34)30-13-4-1-5-14-30)41(47)43-33-20-23-35(24-21-33)50-39(31-15-6-2-7-16-31)42(48)45-27-26-29-12-10-11-19-37(29)45/h1-25,28,39H,26-27H2,(H,43,47)(H,44,46)/b36-28+/t39-/m0/s1. The van der Waals surface area contributed by atoms with Crippen LogP contribution in [-0.2, 0) is 16.0 Å². The van der Waals surface area contributed by atoms with Crippen LogP contribution in [0.1, 0.15) is 32.5 Å². The van der Waals surface area contributed by atoms with Gasteiger partial charge in [0.25, 0.3) is 11.8 Å². The quantitative estimate of drug-likeness (QED) is 0.112. The molecule has 0 spiro atoms. The van der Waals surface area contributed by atoms with E-state index >= 15 is 0 Å². The van der Waals surface area contributed by atoms with E-state index in [-0.39, 0.29) is 11.6 Å². The summed E-state index contributed by atoms with van der Waals surface area (Å²) >= 11 is 1.47. The van der Waals surface area contributed by atoms with Crippen molar-refractivity contribution in [3.05, 3.63) is 180 Å². The number of para-hydroxylation sites is 1. The minimum absolute atomic E-state index is 0.0203. The highest BCUT2D eigenvalue weighted by Crippen LogP contribution is 2.40. The molecular formula is C42H33N3O4S. The van der Waals surface area contributed by atoms with Crippen molar-refractivity contribution in [2.45, 2.75) is 16.6 Å². The molecule has 1 atom stereocenters. The van der Waals surface area contributed by atoms with Gasteiger partial charge in [0.05, 0.1) is 0 Å². The van der Waals surface area contributed by atoms with Crippen LogP contribution in [0.2, 0.25) is 0 Å². The summed E-state index contributed by atoms with van der Waals surface area (Å²) in [5.41, 5.74) is 4.91. The van der Waals surface area contributed by atoms with Gasteiger partial charge in [-0.1, -0.05) is 97.1 Å². The first kappa shape index (κ1) is 32.4. The third-order valence-electron chi connectivity index (χ3n) is 8.35. The van der Waals surface area contributed by atoms with Crippen LogP contribution in [-0.4, -0.2) is 24.3 Å². The number of furan rings is 1. The zero-order valence-electron chi connectivity index (χ0n) is 27.0. The molecule has 1 aliphatic heterocycles. The van der Waals surface area contributed by atoms with E-state index < -0.39 is 17.1 Å². The van der Waals surface area contributed by atoms with Gasteiger partial charge < -0.3 is 20.0 Å². The van der Waals surface area contributed by atoms with Crippen molar-refractivity contribution in [2.75, 3.05) is 16.8 Å². The number of hydrogen-bond acceptors (Lipinski definition) is 5. The molecule has 0 aliphatic carbocycles. The second kappa shape index (κ2) is 15.0. The number of anilines is 2. The molecule has 2 N–H and O–H groups in total. The topological polar surface area (TPSA) is 91.7 Å². The Labute approximate surface area is 294 Å². The Balaban J connectivity index is 1.10. The zero-order chi connectivity index (χ0) is 34.3. The van der Waals surface area contributed by atoms with E-state index in [0.717, 1.165) is 28.1 Å². The highest BCUT2D eigenvalue weighted by atomic mass is 32.2. The number of fused-ring (bicyclic) bond motifs is 1. The van der Waals surface area contributed by atoms with E-state index in [1.54, 1.807) is 42.5 Å². The van der Waals surface area contributed by atoms with Crippen LogP contribution in [0.3, 0.4) is 0 Å². The van der Waals surface area contributed by atoms with Crippen LogP contribution < -0.4 is 15.5 Å². The fourth-order valence-electron chi connectivity index (χ4n) is 5.82. The number of amides is 3. The normalized spacial score (nSPS) is 13.0. The number of rotatable bonds is 10. The minimum Gasteiger partial charge on any atom is -0.457 e. The summed E-state index contributed by atoms with van der Waals surface area (Å²) in [5, 5.41) is 5.20. The molecule has 3 amide bonds. The molecule has 50 heavy (non-hydrogen) atoms. The first-order valence-corrected chi connectivity index (χ1v) is 17.2. The lowest BCUT2D eigenvalue weighted by atomic mass is 10.1. The van der Waals surface area contributed by atoms with Crippen LogP contribution in [0.25, 0.3) is 17.4 Å². The van der Waals surface area contributed by atoms with Gasteiger partial charge >= 0.3 is 0 Å². The molecule has 8 heteroatoms. The van der Waals surface area contributed by atoms with Gasteiger partial charge in [-0.3, -0.25) is 14.4 Å². The van der Waals surface area contributed by atoms with E-state index in [1.807, 2.05) is 108 Å². The molecule has 0 fully saturated rings. The van der Waals surface area contributed by atoms with Gasteiger partial charge in [0.1, 0.15) is 22.5 Å². The summed E-state index contributed by atoms with van der Waals surface area (Å²) in [4.78, 5) is 43.5. The molecule has 0 saturated heterocycles. The van der Waals surface area contributed by atoms with Gasteiger partial charge in [0.2, 0.25) is 5.91 Å². The van der Waals surface area contributed by atoms with E-state index in [0.29, 0.717) is 29.3 Å². The molecule has 0 saturated carbocycles. The molecule has 1 aromatic heterocycles.